The Morgan fingerprint density at radius 1 is 1.23 bits per heavy atom. The normalized spacial score (nSPS) is 20.5. The molecule has 84 valence electrons. The van der Waals surface area contributed by atoms with Gasteiger partial charge in [-0.25, -0.2) is 12.2 Å². The van der Waals surface area contributed by atoms with E-state index >= 15 is 0 Å². The second-order valence-electron chi connectivity index (χ2n) is 2.40. The van der Waals surface area contributed by atoms with Crippen molar-refractivity contribution in [3.05, 3.63) is 12.2 Å². The van der Waals surface area contributed by atoms with E-state index < -0.39 is 8.60 Å². The zero-order valence-electron chi connectivity index (χ0n) is 7.75. The van der Waals surface area contributed by atoms with E-state index in [-0.39, 0.29) is 39.0 Å². The first kappa shape index (κ1) is 17.0. The first-order valence-corrected chi connectivity index (χ1v) is 4.75. The van der Waals surface area contributed by atoms with E-state index in [1.54, 1.807) is 0 Å². The third-order valence-corrected chi connectivity index (χ3v) is 2.58. The first-order chi connectivity index (χ1) is 5.22. The van der Waals surface area contributed by atoms with Crippen molar-refractivity contribution in [2.75, 3.05) is 6.61 Å². The van der Waals surface area contributed by atoms with Crippen LogP contribution in [-0.2, 0) is 52.5 Å². The second kappa shape index (κ2) is 8.83. The van der Waals surface area contributed by atoms with Crippen molar-refractivity contribution < 1.29 is 52.5 Å². The van der Waals surface area contributed by atoms with E-state index in [1.807, 2.05) is 20.8 Å². The van der Waals surface area contributed by atoms with Crippen LogP contribution in [0.3, 0.4) is 0 Å². The molecule has 1 fully saturated rings. The standard InChI is InChI=1S/C7H13O3P.2Rh/c1-4-8-11-9-6(2)5-7(3)10-11;;/h4-5H2,1-3H3;;/q-2;;. The van der Waals surface area contributed by atoms with Crippen LogP contribution in [-0.4, -0.2) is 6.61 Å². The molecule has 0 bridgehead atoms. The molecule has 3 nitrogen and oxygen atoms in total. The van der Waals surface area contributed by atoms with Crippen molar-refractivity contribution in [1.82, 2.24) is 0 Å². The molecule has 1 aliphatic rings. The molecule has 1 aliphatic heterocycles. The molecule has 1 heterocycles. The Kier molecular flexibility index (Phi) is 11.5. The molecule has 2 radical (unpaired) electrons. The Hall–Kier alpha value is 1.56. The maximum Gasteiger partial charge on any atom is 0.266 e. The molecule has 0 aliphatic carbocycles. The van der Waals surface area contributed by atoms with E-state index in [1.165, 1.54) is 0 Å². The molecule has 0 atom stereocenters. The van der Waals surface area contributed by atoms with Crippen molar-refractivity contribution >= 4 is 8.60 Å². The van der Waals surface area contributed by atoms with Crippen LogP contribution in [0.25, 0.3) is 0 Å². The summed E-state index contributed by atoms with van der Waals surface area (Å²) in [6.45, 7) is 6.45. The van der Waals surface area contributed by atoms with Gasteiger partial charge in [-0.15, -0.1) is 0 Å². The summed E-state index contributed by atoms with van der Waals surface area (Å²) < 4.78 is 15.8. The van der Waals surface area contributed by atoms with Gasteiger partial charge in [-0.2, -0.15) is 13.8 Å². The summed E-state index contributed by atoms with van der Waals surface area (Å²) in [5.41, 5.74) is 0. The Morgan fingerprint density at radius 2 is 1.69 bits per heavy atom. The summed E-state index contributed by atoms with van der Waals surface area (Å²) in [4.78, 5) is 0. The average Bonchev–Trinajstić information content (AvgIpc) is 1.85. The summed E-state index contributed by atoms with van der Waals surface area (Å²) in [6.07, 6.45) is 2.76. The molecule has 0 saturated carbocycles. The molecule has 13 heavy (non-hydrogen) atoms. The molecular weight excluding hydrogens is 369 g/mol. The van der Waals surface area contributed by atoms with Gasteiger partial charge in [0.1, 0.15) is 0 Å². The van der Waals surface area contributed by atoms with Crippen molar-refractivity contribution in [2.45, 2.75) is 27.2 Å². The van der Waals surface area contributed by atoms with Crippen molar-refractivity contribution in [3.8, 4) is 0 Å². The van der Waals surface area contributed by atoms with Crippen LogP contribution >= 0.6 is 8.60 Å². The van der Waals surface area contributed by atoms with Crippen molar-refractivity contribution in [1.29, 1.82) is 0 Å². The van der Waals surface area contributed by atoms with Gasteiger partial charge in [-0.3, -0.25) is 6.42 Å². The van der Waals surface area contributed by atoms with Gasteiger partial charge in [0, 0.05) is 39.0 Å². The topological polar surface area (TPSA) is 27.7 Å². The maximum atomic E-state index is 5.31. The fourth-order valence-corrected chi connectivity index (χ4v) is 1.84. The summed E-state index contributed by atoms with van der Waals surface area (Å²) in [5.74, 6) is 0. The Labute approximate surface area is 107 Å². The van der Waals surface area contributed by atoms with E-state index in [4.69, 9.17) is 13.6 Å². The minimum atomic E-state index is -1.12. The molecule has 6 heteroatoms. The summed E-state index contributed by atoms with van der Waals surface area (Å²) in [7, 11) is -1.12. The smallest absolute Gasteiger partial charge is 0.266 e. The molecule has 0 aromatic heterocycles. The van der Waals surface area contributed by atoms with Gasteiger partial charge in [0.15, 0.2) is 0 Å². The van der Waals surface area contributed by atoms with Gasteiger partial charge in [0.05, 0.1) is 6.61 Å². The van der Waals surface area contributed by atoms with Gasteiger partial charge in [-0.05, 0) is 6.92 Å². The summed E-state index contributed by atoms with van der Waals surface area (Å²) >= 11 is 0. The molecule has 0 N–H and O–H groups in total. The molecule has 0 aromatic carbocycles. The quantitative estimate of drug-likeness (QED) is 0.418. The van der Waals surface area contributed by atoms with Crippen LogP contribution in [0.4, 0.5) is 0 Å². The fourth-order valence-electron chi connectivity index (χ4n) is 0.846. The number of hydrogen-bond donors (Lipinski definition) is 0. The Bertz CT molecular complexity index is 118. The molecule has 0 spiro atoms. The zero-order valence-corrected chi connectivity index (χ0v) is 11.9. The molecule has 0 amide bonds. The molecule has 0 aromatic rings. The van der Waals surface area contributed by atoms with Crippen LogP contribution in [0, 0.1) is 12.2 Å². The van der Waals surface area contributed by atoms with Crippen LogP contribution in [0.15, 0.2) is 0 Å². The Morgan fingerprint density at radius 3 is 2.08 bits per heavy atom. The summed E-state index contributed by atoms with van der Waals surface area (Å²) in [5, 5.41) is 0. The molecule has 1 saturated heterocycles. The molecule has 0 unspecified atom stereocenters. The minimum absolute atomic E-state index is 0. The van der Waals surface area contributed by atoms with Crippen LogP contribution in [0.1, 0.15) is 27.2 Å². The minimum Gasteiger partial charge on any atom is -0.491 e. The summed E-state index contributed by atoms with van der Waals surface area (Å²) in [6, 6.07) is 0. The van der Waals surface area contributed by atoms with Crippen LogP contribution < -0.4 is 0 Å². The Balaban J connectivity index is 0. The molecule has 1 rings (SSSR count). The number of rotatable bonds is 2. The molecular formula is C7H13O3PRh2-2. The van der Waals surface area contributed by atoms with Crippen molar-refractivity contribution in [3.63, 3.8) is 0 Å². The predicted octanol–water partition coefficient (Wildman–Crippen LogP) is 2.79. The van der Waals surface area contributed by atoms with E-state index in [9.17, 15) is 0 Å². The fraction of sp³-hybridized carbons (Fsp3) is 0.714. The third-order valence-electron chi connectivity index (χ3n) is 1.19. The van der Waals surface area contributed by atoms with E-state index in [2.05, 4.69) is 0 Å². The second-order valence-corrected chi connectivity index (χ2v) is 3.48. The average molecular weight is 382 g/mol. The van der Waals surface area contributed by atoms with E-state index in [0.717, 1.165) is 18.6 Å². The zero-order chi connectivity index (χ0) is 8.27. The van der Waals surface area contributed by atoms with E-state index in [0.29, 0.717) is 6.61 Å². The van der Waals surface area contributed by atoms with Gasteiger partial charge in [-0.1, -0.05) is 0 Å². The van der Waals surface area contributed by atoms with Gasteiger partial charge in [0.2, 0.25) is 0 Å². The maximum absolute atomic E-state index is 5.31. The van der Waals surface area contributed by atoms with Crippen molar-refractivity contribution in [2.24, 2.45) is 0 Å². The van der Waals surface area contributed by atoms with Gasteiger partial charge in [0.25, 0.3) is 8.60 Å². The van der Waals surface area contributed by atoms with Gasteiger partial charge < -0.3 is 13.6 Å². The third kappa shape index (κ3) is 6.61. The predicted molar refractivity (Wildman–Crippen MR) is 43.2 cm³/mol. The largest absolute Gasteiger partial charge is 0.491 e. The van der Waals surface area contributed by atoms with Gasteiger partial charge >= 0.3 is 0 Å². The first-order valence-electron chi connectivity index (χ1n) is 3.66. The van der Waals surface area contributed by atoms with Crippen LogP contribution in [0.5, 0.6) is 0 Å². The monoisotopic (exact) mass is 382 g/mol. The SMILES string of the molecule is CCOP1O[C-](C)C[C-](C)O1.[Rh].[Rh]. The number of hydrogen-bond acceptors (Lipinski definition) is 3. The van der Waals surface area contributed by atoms with Crippen LogP contribution in [0.2, 0.25) is 0 Å².